The number of allylic oxidation sites excluding steroid dienone is 1. The van der Waals surface area contributed by atoms with Crippen LogP contribution in [0, 0.1) is 15.5 Å². The number of piperazine rings is 1. The van der Waals surface area contributed by atoms with Crippen molar-refractivity contribution < 1.29 is 32.0 Å². The number of alkyl halides is 1. The van der Waals surface area contributed by atoms with Crippen LogP contribution in [-0.4, -0.2) is 104 Å². The molecule has 0 atom stereocenters. The summed E-state index contributed by atoms with van der Waals surface area (Å²) in [4.78, 5) is 40.0. The first-order valence-electron chi connectivity index (χ1n) is 23.0. The highest BCUT2D eigenvalue weighted by atomic mass is 35.5. The minimum Gasteiger partial charge on any atom is -0.474 e. The molecule has 0 unspecified atom stereocenters. The van der Waals surface area contributed by atoms with E-state index in [0.717, 1.165) is 86.5 Å². The van der Waals surface area contributed by atoms with Crippen molar-refractivity contribution in [1.82, 2.24) is 19.6 Å². The summed E-state index contributed by atoms with van der Waals surface area (Å²) in [6, 6.07) is 20.8. The summed E-state index contributed by atoms with van der Waals surface area (Å²) >= 11 is 6.33. The van der Waals surface area contributed by atoms with Gasteiger partial charge in [-0.3, -0.25) is 19.8 Å². The fourth-order valence-electron chi connectivity index (χ4n) is 10.4. The molecule has 2 saturated heterocycles. The van der Waals surface area contributed by atoms with Crippen LogP contribution in [0.2, 0.25) is 5.02 Å². The fraction of sp³-hybridized carbons (Fsp3) is 0.429. The van der Waals surface area contributed by atoms with Crippen molar-refractivity contribution in [2.45, 2.75) is 74.9 Å². The first-order valence-corrected chi connectivity index (χ1v) is 24.8. The molecule has 0 bridgehead atoms. The molecule has 2 aromatic heterocycles. The number of carbonyl (C=O) groups excluding carboxylic acids is 1. The molecule has 3 aliphatic heterocycles. The summed E-state index contributed by atoms with van der Waals surface area (Å²) in [6.45, 7) is 8.73. The van der Waals surface area contributed by atoms with Crippen LogP contribution in [0.5, 0.6) is 5.88 Å². The predicted molar refractivity (Wildman–Crippen MR) is 257 cm³/mol. The Labute approximate surface area is 393 Å². The first kappa shape index (κ1) is 45.1. The molecule has 0 spiro atoms. The number of H-pyrrole nitrogens is 1. The van der Waals surface area contributed by atoms with Crippen LogP contribution in [0.15, 0.2) is 89.5 Å². The van der Waals surface area contributed by atoms with Gasteiger partial charge in [0.2, 0.25) is 5.88 Å². The molecular formula is C49H54ClFN8O7S. The second-order valence-electron chi connectivity index (χ2n) is 19.2. The van der Waals surface area contributed by atoms with E-state index in [4.69, 9.17) is 26.1 Å². The third-order valence-corrected chi connectivity index (χ3v) is 15.9. The van der Waals surface area contributed by atoms with Crippen molar-refractivity contribution in [3.63, 3.8) is 0 Å². The Morgan fingerprint density at radius 3 is 2.42 bits per heavy atom. The molecule has 1 amide bonds. The molecule has 5 heterocycles. The monoisotopic (exact) mass is 952 g/mol. The number of fused-ring (bicyclic) bond motifs is 2. The smallest absolute Gasteiger partial charge is 0.293 e. The van der Waals surface area contributed by atoms with Crippen LogP contribution in [0.4, 0.5) is 32.8 Å². The van der Waals surface area contributed by atoms with Gasteiger partial charge in [0.25, 0.3) is 21.6 Å². The number of benzene rings is 3. The van der Waals surface area contributed by atoms with Gasteiger partial charge >= 0.3 is 0 Å². The Hall–Kier alpha value is -5.75. The maximum absolute atomic E-state index is 15.3. The van der Waals surface area contributed by atoms with E-state index >= 15 is 4.39 Å². The van der Waals surface area contributed by atoms with Crippen LogP contribution in [0.25, 0.3) is 16.6 Å². The molecule has 352 valence electrons. The number of nitro benzene ring substituents is 1. The molecule has 15 nitrogen and oxygen atoms in total. The highest BCUT2D eigenvalue weighted by Crippen LogP contribution is 2.57. The standard InChI is InChI=1S/C49H54ClFN8O7S/c1-47(2)13-11-39(38(30-47)32-3-5-34(50)6-4-32)49(14-15-49)57-21-19-56(20-22-57)35-7-9-37(41(28-35)58-23-26-66-46-43(58)27-33-12-18-52-44(33)54-46)45(60)55-67(63,64)36-8-10-40(42(29-36)59(61)62)53-31-48(51)16-24-65-25-17-48/h3-10,12,18,27-29,53H,11,13-17,19-26,30-31H2,1-2H3,(H,52,54)(H,55,60). The van der Waals surface area contributed by atoms with Crippen LogP contribution >= 0.6 is 11.6 Å². The maximum Gasteiger partial charge on any atom is 0.293 e. The summed E-state index contributed by atoms with van der Waals surface area (Å²) in [5.41, 5.74) is 4.91. The Bertz CT molecular complexity index is 2890. The molecule has 5 aromatic rings. The summed E-state index contributed by atoms with van der Waals surface area (Å²) in [5, 5.41) is 16.6. The quantitative estimate of drug-likeness (QED) is 0.0801. The van der Waals surface area contributed by atoms with Crippen LogP contribution in [0.1, 0.15) is 74.7 Å². The van der Waals surface area contributed by atoms with E-state index in [1.54, 1.807) is 17.8 Å². The number of ether oxygens (including phenoxy) is 2. The summed E-state index contributed by atoms with van der Waals surface area (Å²) in [7, 11) is -4.65. The molecule has 1 saturated carbocycles. The van der Waals surface area contributed by atoms with Crippen molar-refractivity contribution in [2.24, 2.45) is 5.41 Å². The number of rotatable bonds is 12. The molecule has 10 rings (SSSR count). The number of nitro groups is 1. The first-order chi connectivity index (χ1) is 32.1. The van der Waals surface area contributed by atoms with Gasteiger partial charge in [-0.1, -0.05) is 37.6 Å². The lowest BCUT2D eigenvalue weighted by molar-refractivity contribution is -0.384. The zero-order chi connectivity index (χ0) is 46.7. The SMILES string of the molecule is CC1(C)CCC(C2(N3CCN(c4ccc(C(=O)NS(=O)(=O)c5ccc(NCC6(F)CCOCC6)c([N+](=O)[O-])c5)c(N5CCOc6nc7[nH]ccc7cc65)c4)CC3)CC2)=C(c2ccc(Cl)cc2)C1. The normalized spacial score (nSPS) is 20.2. The number of sulfonamides is 1. The molecule has 3 fully saturated rings. The maximum atomic E-state index is 15.3. The largest absolute Gasteiger partial charge is 0.474 e. The molecule has 0 radical (unpaired) electrons. The lowest BCUT2D eigenvalue weighted by Gasteiger charge is -2.45. The minimum atomic E-state index is -4.65. The summed E-state index contributed by atoms with van der Waals surface area (Å²) in [5.74, 6) is -0.557. The van der Waals surface area contributed by atoms with Crippen molar-refractivity contribution in [3.8, 4) is 5.88 Å². The Kier molecular flexibility index (Phi) is 11.7. The Balaban J connectivity index is 0.930. The number of hydrogen-bond acceptors (Lipinski definition) is 12. The van der Waals surface area contributed by atoms with Gasteiger partial charge in [0, 0.05) is 92.7 Å². The number of anilines is 4. The lowest BCUT2D eigenvalue weighted by Crippen LogP contribution is -2.52. The van der Waals surface area contributed by atoms with Gasteiger partial charge in [0.05, 0.1) is 27.6 Å². The number of halogens is 2. The topological polar surface area (TPSA) is 175 Å². The number of aromatic nitrogens is 2. The zero-order valence-corrected chi connectivity index (χ0v) is 39.1. The Morgan fingerprint density at radius 1 is 0.925 bits per heavy atom. The average molecular weight is 954 g/mol. The highest BCUT2D eigenvalue weighted by Gasteiger charge is 2.53. The van der Waals surface area contributed by atoms with E-state index in [1.165, 1.54) is 17.2 Å². The van der Waals surface area contributed by atoms with Crippen LogP contribution < -0.4 is 24.6 Å². The van der Waals surface area contributed by atoms with Gasteiger partial charge in [0.15, 0.2) is 0 Å². The summed E-state index contributed by atoms with van der Waals surface area (Å²) < 4.78 is 56.6. The van der Waals surface area contributed by atoms with E-state index in [2.05, 4.69) is 50.8 Å². The predicted octanol–water partition coefficient (Wildman–Crippen LogP) is 9.02. The van der Waals surface area contributed by atoms with Gasteiger partial charge in [-0.25, -0.2) is 17.5 Å². The van der Waals surface area contributed by atoms with E-state index in [9.17, 15) is 23.3 Å². The third-order valence-electron chi connectivity index (χ3n) is 14.3. The molecule has 18 heteroatoms. The van der Waals surface area contributed by atoms with Gasteiger partial charge in [-0.15, -0.1) is 0 Å². The van der Waals surface area contributed by atoms with Crippen molar-refractivity contribution in [1.29, 1.82) is 0 Å². The van der Waals surface area contributed by atoms with Crippen molar-refractivity contribution >= 4 is 72.6 Å². The number of aromatic amines is 1. The van der Waals surface area contributed by atoms with Crippen molar-refractivity contribution in [2.75, 3.05) is 74.2 Å². The minimum absolute atomic E-state index is 0.0312. The van der Waals surface area contributed by atoms with Gasteiger partial charge in [-0.2, -0.15) is 4.98 Å². The number of nitrogens with zero attached hydrogens (tertiary/aromatic N) is 5. The molecule has 5 aliphatic rings. The molecule has 2 aliphatic carbocycles. The highest BCUT2D eigenvalue weighted by molar-refractivity contribution is 7.90. The molecule has 67 heavy (non-hydrogen) atoms. The number of pyridine rings is 1. The van der Waals surface area contributed by atoms with Crippen LogP contribution in [-0.2, 0) is 14.8 Å². The van der Waals surface area contributed by atoms with Gasteiger partial charge < -0.3 is 29.6 Å². The number of amides is 1. The molecular weight excluding hydrogens is 899 g/mol. The second kappa shape index (κ2) is 17.4. The molecule has 3 N–H and O–H groups in total. The van der Waals surface area contributed by atoms with E-state index in [0.29, 0.717) is 29.4 Å². The van der Waals surface area contributed by atoms with Gasteiger partial charge in [0.1, 0.15) is 29.3 Å². The molecule has 3 aromatic carbocycles. The van der Waals surface area contributed by atoms with Gasteiger partial charge in [-0.05, 0) is 109 Å². The zero-order valence-electron chi connectivity index (χ0n) is 37.6. The van der Waals surface area contributed by atoms with E-state index in [-0.39, 0.29) is 61.4 Å². The number of nitrogens with one attached hydrogen (secondary N) is 3. The fourth-order valence-corrected chi connectivity index (χ4v) is 11.5. The number of hydrogen-bond donors (Lipinski definition) is 3. The second-order valence-corrected chi connectivity index (χ2v) is 21.3. The Morgan fingerprint density at radius 2 is 1.69 bits per heavy atom. The van der Waals surface area contributed by atoms with Crippen molar-refractivity contribution in [3.05, 3.63) is 111 Å². The van der Waals surface area contributed by atoms with E-state index < -0.39 is 37.1 Å². The average Bonchev–Trinajstić information content (AvgIpc) is 3.99. The summed E-state index contributed by atoms with van der Waals surface area (Å²) in [6.07, 6.45) is 7.51. The van der Waals surface area contributed by atoms with Crippen LogP contribution in [0.3, 0.4) is 0 Å². The van der Waals surface area contributed by atoms with E-state index in [1.807, 2.05) is 41.3 Å². The third kappa shape index (κ3) is 8.94. The lowest BCUT2D eigenvalue weighted by atomic mass is 9.70. The number of carbonyl (C=O) groups is 1.